The molecule has 6 nitrogen and oxygen atoms in total. The Morgan fingerprint density at radius 2 is 1.92 bits per heavy atom. The van der Waals surface area contributed by atoms with Crippen molar-refractivity contribution in [2.45, 2.75) is 26.2 Å². The predicted molar refractivity (Wildman–Crippen MR) is 144 cm³/mol. The second-order valence-corrected chi connectivity index (χ2v) is 9.61. The lowest BCUT2D eigenvalue weighted by molar-refractivity contribution is 0.0955. The molecular weight excluding hydrogens is 474 g/mol. The second kappa shape index (κ2) is 12.6. The van der Waals surface area contributed by atoms with Gasteiger partial charge in [-0.25, -0.2) is 5.43 Å². The molecular formula is C29H32ClN3O3. The summed E-state index contributed by atoms with van der Waals surface area (Å²) >= 11 is 5.85. The molecule has 1 aliphatic heterocycles. The molecule has 7 heteroatoms. The molecule has 1 heterocycles. The third-order valence-corrected chi connectivity index (χ3v) is 6.87. The lowest BCUT2D eigenvalue weighted by Crippen LogP contribution is -2.37. The van der Waals surface area contributed by atoms with Gasteiger partial charge in [-0.3, -0.25) is 9.69 Å². The van der Waals surface area contributed by atoms with E-state index in [1.165, 1.54) is 43.0 Å². The molecule has 3 aromatic rings. The van der Waals surface area contributed by atoms with E-state index in [0.717, 1.165) is 42.4 Å². The van der Waals surface area contributed by atoms with Crippen LogP contribution in [0, 0.1) is 12.8 Å². The fourth-order valence-electron chi connectivity index (χ4n) is 4.41. The number of benzene rings is 3. The molecule has 0 spiro atoms. The first-order chi connectivity index (χ1) is 17.5. The quantitative estimate of drug-likeness (QED) is 0.299. The maximum atomic E-state index is 12.2. The van der Waals surface area contributed by atoms with Crippen molar-refractivity contribution in [3.05, 3.63) is 94.0 Å². The molecule has 0 radical (unpaired) electrons. The standard InChI is InChI=1S/C29H32ClN3O3/c1-21-17-26(9-7-25(21)20-31-32-29(35)24-8-10-28(34)27(30)19-24)36-16-15-33-13-11-23(12-14-33)18-22-5-3-2-4-6-22/h2-10,17,19-20,23,34H,11-16,18H2,1H3,(H,32,35)/b31-20+. The Labute approximate surface area is 217 Å². The summed E-state index contributed by atoms with van der Waals surface area (Å²) in [5.74, 6) is 1.12. The van der Waals surface area contributed by atoms with Crippen molar-refractivity contribution in [2.75, 3.05) is 26.2 Å². The number of hydrogen-bond acceptors (Lipinski definition) is 5. The molecule has 4 rings (SSSR count). The van der Waals surface area contributed by atoms with Crippen molar-refractivity contribution in [2.24, 2.45) is 11.0 Å². The number of hydrazone groups is 1. The number of phenols is 1. The van der Waals surface area contributed by atoms with Gasteiger partial charge in [0.1, 0.15) is 18.1 Å². The molecule has 0 bridgehead atoms. The van der Waals surface area contributed by atoms with Crippen molar-refractivity contribution >= 4 is 23.7 Å². The summed E-state index contributed by atoms with van der Waals surface area (Å²) in [6.45, 7) is 5.80. The molecule has 0 atom stereocenters. The number of nitrogens with one attached hydrogen (secondary N) is 1. The Morgan fingerprint density at radius 3 is 2.64 bits per heavy atom. The zero-order valence-electron chi connectivity index (χ0n) is 20.5. The number of phenolic OH excluding ortho intramolecular Hbond substituents is 1. The maximum Gasteiger partial charge on any atom is 0.271 e. The largest absolute Gasteiger partial charge is 0.506 e. The van der Waals surface area contributed by atoms with Crippen molar-refractivity contribution in [1.29, 1.82) is 0 Å². The average molecular weight is 506 g/mol. The number of likely N-dealkylation sites (tertiary alicyclic amines) is 1. The molecule has 1 fully saturated rings. The fourth-order valence-corrected chi connectivity index (χ4v) is 4.59. The number of aryl methyl sites for hydroxylation is 1. The molecule has 0 aromatic heterocycles. The van der Waals surface area contributed by atoms with E-state index < -0.39 is 5.91 Å². The van der Waals surface area contributed by atoms with Crippen LogP contribution in [0.4, 0.5) is 0 Å². The van der Waals surface area contributed by atoms with Crippen molar-refractivity contribution in [1.82, 2.24) is 10.3 Å². The van der Waals surface area contributed by atoms with Gasteiger partial charge < -0.3 is 9.84 Å². The van der Waals surface area contributed by atoms with Crippen LogP contribution in [0.15, 0.2) is 71.8 Å². The molecule has 0 saturated carbocycles. The third-order valence-electron chi connectivity index (χ3n) is 6.57. The highest BCUT2D eigenvalue weighted by molar-refractivity contribution is 6.32. The Hall–Kier alpha value is -3.35. The third kappa shape index (κ3) is 7.33. The van der Waals surface area contributed by atoms with E-state index in [-0.39, 0.29) is 10.8 Å². The fraction of sp³-hybridized carbons (Fsp3) is 0.310. The molecule has 0 unspecified atom stereocenters. The highest BCUT2D eigenvalue weighted by atomic mass is 35.5. The SMILES string of the molecule is Cc1cc(OCCN2CCC(Cc3ccccc3)CC2)ccc1/C=N/NC(=O)c1ccc(O)c(Cl)c1. The predicted octanol–water partition coefficient (Wildman–Crippen LogP) is 5.45. The Bertz CT molecular complexity index is 1190. The molecule has 3 aromatic carbocycles. The molecule has 0 aliphatic carbocycles. The van der Waals surface area contributed by atoms with E-state index in [2.05, 4.69) is 45.8 Å². The summed E-state index contributed by atoms with van der Waals surface area (Å²) in [4.78, 5) is 14.7. The summed E-state index contributed by atoms with van der Waals surface area (Å²) in [5, 5.41) is 13.6. The van der Waals surface area contributed by atoms with Gasteiger partial charge >= 0.3 is 0 Å². The summed E-state index contributed by atoms with van der Waals surface area (Å²) < 4.78 is 6.00. The first-order valence-corrected chi connectivity index (χ1v) is 12.7. The average Bonchev–Trinajstić information content (AvgIpc) is 2.88. The number of carbonyl (C=O) groups excluding carboxylic acids is 1. The van der Waals surface area contributed by atoms with E-state index >= 15 is 0 Å². The van der Waals surface area contributed by atoms with Crippen LogP contribution < -0.4 is 10.2 Å². The topological polar surface area (TPSA) is 74.2 Å². The first kappa shape index (κ1) is 25.7. The monoisotopic (exact) mass is 505 g/mol. The Balaban J connectivity index is 1.18. The zero-order chi connectivity index (χ0) is 25.3. The van der Waals surface area contributed by atoms with Gasteiger partial charge in [-0.1, -0.05) is 41.9 Å². The number of piperidine rings is 1. The second-order valence-electron chi connectivity index (χ2n) is 9.21. The number of nitrogens with zero attached hydrogens (tertiary/aromatic N) is 2. The first-order valence-electron chi connectivity index (χ1n) is 12.3. The van der Waals surface area contributed by atoms with E-state index in [1.807, 2.05) is 25.1 Å². The minimum atomic E-state index is -0.408. The van der Waals surface area contributed by atoms with Crippen LogP contribution in [0.2, 0.25) is 5.02 Å². The summed E-state index contributed by atoms with van der Waals surface area (Å²) in [5.41, 5.74) is 6.11. The highest BCUT2D eigenvalue weighted by Gasteiger charge is 2.19. The molecule has 1 amide bonds. The van der Waals surface area contributed by atoms with Crippen LogP contribution in [-0.2, 0) is 6.42 Å². The van der Waals surface area contributed by atoms with Gasteiger partial charge in [0.05, 0.1) is 11.2 Å². The number of ether oxygens (including phenoxy) is 1. The lowest BCUT2D eigenvalue weighted by Gasteiger charge is -2.31. The molecule has 2 N–H and O–H groups in total. The van der Waals surface area contributed by atoms with Gasteiger partial charge in [0.2, 0.25) is 0 Å². The molecule has 1 saturated heterocycles. The molecule has 36 heavy (non-hydrogen) atoms. The van der Waals surface area contributed by atoms with Gasteiger partial charge in [0.25, 0.3) is 5.91 Å². The van der Waals surface area contributed by atoms with Gasteiger partial charge in [0.15, 0.2) is 0 Å². The van der Waals surface area contributed by atoms with E-state index in [0.29, 0.717) is 12.2 Å². The number of carbonyl (C=O) groups is 1. The number of aromatic hydroxyl groups is 1. The van der Waals surface area contributed by atoms with Gasteiger partial charge in [-0.15, -0.1) is 0 Å². The highest BCUT2D eigenvalue weighted by Crippen LogP contribution is 2.24. The van der Waals surface area contributed by atoms with Crippen LogP contribution in [0.3, 0.4) is 0 Å². The van der Waals surface area contributed by atoms with Crippen molar-refractivity contribution in [3.63, 3.8) is 0 Å². The number of hydrogen-bond donors (Lipinski definition) is 2. The minimum absolute atomic E-state index is 0.0712. The van der Waals surface area contributed by atoms with E-state index in [9.17, 15) is 9.90 Å². The Kier molecular flexibility index (Phi) is 8.98. The van der Waals surface area contributed by atoms with Crippen LogP contribution in [0.5, 0.6) is 11.5 Å². The van der Waals surface area contributed by atoms with Crippen LogP contribution in [0.1, 0.15) is 39.9 Å². The van der Waals surface area contributed by atoms with Gasteiger partial charge in [-0.2, -0.15) is 5.10 Å². The normalized spacial score (nSPS) is 14.7. The molecule has 1 aliphatic rings. The van der Waals surface area contributed by atoms with Crippen LogP contribution >= 0.6 is 11.6 Å². The Morgan fingerprint density at radius 1 is 1.14 bits per heavy atom. The van der Waals surface area contributed by atoms with Gasteiger partial charge in [-0.05, 0) is 98.3 Å². The zero-order valence-corrected chi connectivity index (χ0v) is 21.2. The smallest absolute Gasteiger partial charge is 0.271 e. The summed E-state index contributed by atoms with van der Waals surface area (Å²) in [6, 6.07) is 20.8. The van der Waals surface area contributed by atoms with E-state index in [4.69, 9.17) is 16.3 Å². The maximum absolute atomic E-state index is 12.2. The summed E-state index contributed by atoms with van der Waals surface area (Å²) in [6.07, 6.45) is 5.24. The van der Waals surface area contributed by atoms with Crippen LogP contribution in [0.25, 0.3) is 0 Å². The van der Waals surface area contributed by atoms with Gasteiger partial charge in [0, 0.05) is 12.1 Å². The lowest BCUT2D eigenvalue weighted by atomic mass is 9.90. The minimum Gasteiger partial charge on any atom is -0.506 e. The van der Waals surface area contributed by atoms with Crippen LogP contribution in [-0.4, -0.2) is 48.4 Å². The molecule has 188 valence electrons. The van der Waals surface area contributed by atoms with Crippen molar-refractivity contribution < 1.29 is 14.6 Å². The van der Waals surface area contributed by atoms with Crippen molar-refractivity contribution in [3.8, 4) is 11.5 Å². The van der Waals surface area contributed by atoms with E-state index in [1.54, 1.807) is 6.21 Å². The number of rotatable bonds is 9. The number of amides is 1. The number of halogens is 1. The summed E-state index contributed by atoms with van der Waals surface area (Å²) in [7, 11) is 0.